The standard InChI is InChI=1S/C17H28N4/c1-2-21-4-3-19-16(21)8-15(20-18)17-9-12-5-13(10-17)7-14(6-12)11-17/h3-4,12-15,20H,2,5-11,18H2,1H3. The topological polar surface area (TPSA) is 55.9 Å². The van der Waals surface area contributed by atoms with Crippen LogP contribution in [-0.4, -0.2) is 15.6 Å². The summed E-state index contributed by atoms with van der Waals surface area (Å²) < 4.78 is 2.25. The Morgan fingerprint density at radius 2 is 1.90 bits per heavy atom. The molecule has 4 aliphatic rings. The van der Waals surface area contributed by atoms with Crippen LogP contribution in [0.25, 0.3) is 0 Å². The first-order valence-electron chi connectivity index (χ1n) is 8.68. The maximum Gasteiger partial charge on any atom is 0.110 e. The highest BCUT2D eigenvalue weighted by Gasteiger charge is 2.54. The number of hydrogen-bond acceptors (Lipinski definition) is 3. The first-order chi connectivity index (χ1) is 10.2. The van der Waals surface area contributed by atoms with E-state index in [2.05, 4.69) is 28.1 Å². The molecule has 116 valence electrons. The molecule has 0 aromatic carbocycles. The second-order valence-electron chi connectivity index (χ2n) is 7.83. The highest BCUT2D eigenvalue weighted by atomic mass is 15.2. The van der Waals surface area contributed by atoms with Crippen molar-refractivity contribution in [2.24, 2.45) is 29.0 Å². The lowest BCUT2D eigenvalue weighted by atomic mass is 9.47. The van der Waals surface area contributed by atoms with E-state index in [1.165, 1.54) is 44.3 Å². The van der Waals surface area contributed by atoms with E-state index in [0.29, 0.717) is 11.5 Å². The molecule has 4 bridgehead atoms. The van der Waals surface area contributed by atoms with E-state index in [1.54, 1.807) is 0 Å². The maximum atomic E-state index is 6.02. The molecule has 0 spiro atoms. The summed E-state index contributed by atoms with van der Waals surface area (Å²) in [6.07, 6.45) is 13.6. The Bertz CT molecular complexity index is 471. The van der Waals surface area contributed by atoms with Gasteiger partial charge in [0.2, 0.25) is 0 Å². The van der Waals surface area contributed by atoms with E-state index in [9.17, 15) is 0 Å². The zero-order chi connectivity index (χ0) is 14.4. The average molecular weight is 288 g/mol. The van der Waals surface area contributed by atoms with E-state index in [0.717, 1.165) is 30.7 Å². The van der Waals surface area contributed by atoms with E-state index in [-0.39, 0.29) is 0 Å². The summed E-state index contributed by atoms with van der Waals surface area (Å²) in [5, 5.41) is 0. The molecule has 0 saturated heterocycles. The Labute approximate surface area is 127 Å². The van der Waals surface area contributed by atoms with Gasteiger partial charge in [-0.1, -0.05) is 0 Å². The molecule has 3 N–H and O–H groups in total. The molecule has 4 fully saturated rings. The van der Waals surface area contributed by atoms with E-state index >= 15 is 0 Å². The van der Waals surface area contributed by atoms with Gasteiger partial charge >= 0.3 is 0 Å². The number of hydrazine groups is 1. The number of aryl methyl sites for hydroxylation is 1. The molecule has 0 amide bonds. The highest BCUT2D eigenvalue weighted by Crippen LogP contribution is 2.61. The number of nitrogens with one attached hydrogen (secondary N) is 1. The maximum absolute atomic E-state index is 6.02. The molecule has 1 unspecified atom stereocenters. The monoisotopic (exact) mass is 288 g/mol. The summed E-state index contributed by atoms with van der Waals surface area (Å²) >= 11 is 0. The Morgan fingerprint density at radius 3 is 2.43 bits per heavy atom. The van der Waals surface area contributed by atoms with Crippen LogP contribution in [0.1, 0.15) is 51.3 Å². The zero-order valence-corrected chi connectivity index (χ0v) is 13.1. The SMILES string of the molecule is CCn1ccnc1CC(NN)C12CC3CC(CC(C3)C1)C2. The fourth-order valence-electron chi connectivity index (χ4n) is 6.06. The molecule has 21 heavy (non-hydrogen) atoms. The predicted octanol–water partition coefficient (Wildman–Crippen LogP) is 2.49. The number of aromatic nitrogens is 2. The molecular formula is C17H28N4. The molecule has 4 aliphatic carbocycles. The summed E-state index contributed by atoms with van der Waals surface area (Å²) in [5.41, 5.74) is 3.63. The highest BCUT2D eigenvalue weighted by molar-refractivity contribution is 5.08. The van der Waals surface area contributed by atoms with Gasteiger partial charge in [-0.3, -0.25) is 11.3 Å². The van der Waals surface area contributed by atoms with E-state index < -0.39 is 0 Å². The predicted molar refractivity (Wildman–Crippen MR) is 83.3 cm³/mol. The van der Waals surface area contributed by atoms with Gasteiger partial charge < -0.3 is 4.57 Å². The first-order valence-corrected chi connectivity index (χ1v) is 8.68. The summed E-state index contributed by atoms with van der Waals surface area (Å²) in [7, 11) is 0. The summed E-state index contributed by atoms with van der Waals surface area (Å²) in [5.74, 6) is 10.1. The van der Waals surface area contributed by atoms with Crippen LogP contribution in [0.3, 0.4) is 0 Å². The van der Waals surface area contributed by atoms with Crippen molar-refractivity contribution in [2.45, 2.75) is 64.5 Å². The summed E-state index contributed by atoms with van der Waals surface area (Å²) in [6, 6.07) is 0.388. The third kappa shape index (κ3) is 2.23. The Morgan fingerprint density at radius 1 is 1.29 bits per heavy atom. The van der Waals surface area contributed by atoms with Gasteiger partial charge in [0.05, 0.1) is 0 Å². The van der Waals surface area contributed by atoms with E-state index in [1.807, 2.05) is 6.20 Å². The van der Waals surface area contributed by atoms with Gasteiger partial charge in [0, 0.05) is 31.4 Å². The smallest absolute Gasteiger partial charge is 0.110 e. The molecule has 0 radical (unpaired) electrons. The number of nitrogens with zero attached hydrogens (tertiary/aromatic N) is 2. The Hall–Kier alpha value is -0.870. The van der Waals surface area contributed by atoms with Gasteiger partial charge in [-0.15, -0.1) is 0 Å². The van der Waals surface area contributed by atoms with Crippen molar-refractivity contribution in [3.63, 3.8) is 0 Å². The molecule has 1 aromatic heterocycles. The van der Waals surface area contributed by atoms with Gasteiger partial charge in [-0.2, -0.15) is 0 Å². The van der Waals surface area contributed by atoms with Crippen LogP contribution in [0.5, 0.6) is 0 Å². The van der Waals surface area contributed by atoms with Crippen LogP contribution in [0.15, 0.2) is 12.4 Å². The summed E-state index contributed by atoms with van der Waals surface area (Å²) in [6.45, 7) is 3.17. The quantitative estimate of drug-likeness (QED) is 0.646. The fraction of sp³-hybridized carbons (Fsp3) is 0.824. The third-order valence-electron chi connectivity index (χ3n) is 6.56. The molecule has 4 heteroatoms. The molecule has 0 aliphatic heterocycles. The van der Waals surface area contributed by atoms with Crippen LogP contribution in [-0.2, 0) is 13.0 Å². The molecular weight excluding hydrogens is 260 g/mol. The van der Waals surface area contributed by atoms with Gasteiger partial charge in [0.15, 0.2) is 0 Å². The minimum Gasteiger partial charge on any atom is -0.335 e. The number of imidazole rings is 1. The normalized spacial score (nSPS) is 38.9. The van der Waals surface area contributed by atoms with E-state index in [4.69, 9.17) is 5.84 Å². The number of rotatable bonds is 5. The molecule has 1 aromatic rings. The van der Waals surface area contributed by atoms with Crippen molar-refractivity contribution in [2.75, 3.05) is 0 Å². The lowest BCUT2D eigenvalue weighted by Gasteiger charge is -2.59. The van der Waals surface area contributed by atoms with Gasteiger partial charge in [0.25, 0.3) is 0 Å². The van der Waals surface area contributed by atoms with Crippen molar-refractivity contribution in [1.82, 2.24) is 15.0 Å². The largest absolute Gasteiger partial charge is 0.335 e. The van der Waals surface area contributed by atoms with Crippen LogP contribution in [0, 0.1) is 23.2 Å². The minimum absolute atomic E-state index is 0.388. The van der Waals surface area contributed by atoms with Gasteiger partial charge in [-0.05, 0) is 68.6 Å². The van der Waals surface area contributed by atoms with Crippen LogP contribution >= 0.6 is 0 Å². The van der Waals surface area contributed by atoms with Crippen LogP contribution in [0.2, 0.25) is 0 Å². The van der Waals surface area contributed by atoms with Crippen LogP contribution in [0.4, 0.5) is 0 Å². The minimum atomic E-state index is 0.388. The second kappa shape index (κ2) is 5.10. The number of nitrogens with two attached hydrogens (primary N) is 1. The molecule has 1 atom stereocenters. The second-order valence-corrected chi connectivity index (χ2v) is 7.83. The van der Waals surface area contributed by atoms with Crippen molar-refractivity contribution in [1.29, 1.82) is 0 Å². The van der Waals surface area contributed by atoms with Crippen molar-refractivity contribution in [3.05, 3.63) is 18.2 Å². The third-order valence-corrected chi connectivity index (χ3v) is 6.56. The van der Waals surface area contributed by atoms with Gasteiger partial charge in [0.1, 0.15) is 5.82 Å². The lowest BCUT2D eigenvalue weighted by Crippen LogP contribution is -2.58. The molecule has 5 rings (SSSR count). The summed E-state index contributed by atoms with van der Waals surface area (Å²) in [4.78, 5) is 4.57. The van der Waals surface area contributed by atoms with Gasteiger partial charge in [-0.25, -0.2) is 4.98 Å². The first kappa shape index (κ1) is 13.8. The Balaban J connectivity index is 1.58. The van der Waals surface area contributed by atoms with Crippen molar-refractivity contribution >= 4 is 0 Å². The zero-order valence-electron chi connectivity index (χ0n) is 13.1. The number of hydrogen-bond donors (Lipinski definition) is 2. The Kier molecular flexibility index (Phi) is 3.34. The lowest BCUT2D eigenvalue weighted by molar-refractivity contribution is -0.0741. The molecule has 1 heterocycles. The van der Waals surface area contributed by atoms with Crippen molar-refractivity contribution < 1.29 is 0 Å². The van der Waals surface area contributed by atoms with Crippen molar-refractivity contribution in [3.8, 4) is 0 Å². The molecule has 4 nitrogen and oxygen atoms in total. The molecule has 4 saturated carbocycles. The average Bonchev–Trinajstić information content (AvgIpc) is 2.90. The fourth-order valence-corrected chi connectivity index (χ4v) is 6.06. The van der Waals surface area contributed by atoms with Crippen LogP contribution < -0.4 is 11.3 Å².